The van der Waals surface area contributed by atoms with Crippen molar-refractivity contribution in [2.24, 2.45) is 5.92 Å². The van der Waals surface area contributed by atoms with Gasteiger partial charge in [-0.2, -0.15) is 0 Å². The van der Waals surface area contributed by atoms with E-state index in [1.165, 1.54) is 0 Å². The highest BCUT2D eigenvalue weighted by Gasteiger charge is 2.12. The van der Waals surface area contributed by atoms with Crippen LogP contribution in [0.2, 0.25) is 0 Å². The highest BCUT2D eigenvalue weighted by molar-refractivity contribution is 7.88. The summed E-state index contributed by atoms with van der Waals surface area (Å²) < 4.78 is 24.0. The predicted molar refractivity (Wildman–Crippen MR) is 46.8 cm³/mol. The van der Waals surface area contributed by atoms with Gasteiger partial charge in [0.1, 0.15) is 0 Å². The third kappa shape index (κ3) is 4.98. The molecule has 0 unspecified atom stereocenters. The summed E-state index contributed by atoms with van der Waals surface area (Å²) in [7, 11) is -3.10. The van der Waals surface area contributed by atoms with Crippen LogP contribution in [0, 0.1) is 5.92 Å². The normalized spacial score (nSPS) is 14.9. The Labute approximate surface area is 68.5 Å². The molecule has 0 aromatic rings. The van der Waals surface area contributed by atoms with Gasteiger partial charge in [-0.3, -0.25) is 0 Å². The minimum Gasteiger partial charge on any atom is -0.213 e. The summed E-state index contributed by atoms with van der Waals surface area (Å²) in [6, 6.07) is -0.162. The van der Waals surface area contributed by atoms with Crippen LogP contribution in [0.5, 0.6) is 0 Å². The molecular weight excluding hydrogens is 162 g/mol. The highest BCUT2D eigenvalue weighted by Crippen LogP contribution is 2.02. The molecule has 0 aromatic carbocycles. The smallest absolute Gasteiger partial charge is 0.209 e. The maximum atomic E-state index is 10.7. The molecule has 11 heavy (non-hydrogen) atoms. The van der Waals surface area contributed by atoms with Crippen molar-refractivity contribution < 1.29 is 8.42 Å². The molecule has 1 N–H and O–H groups in total. The fraction of sp³-hybridized carbons (Fsp3) is 0.714. The van der Waals surface area contributed by atoms with Gasteiger partial charge in [-0.1, -0.05) is 19.9 Å². The maximum absolute atomic E-state index is 10.7. The first-order chi connectivity index (χ1) is 4.87. The molecule has 3 nitrogen and oxygen atoms in total. The number of hydrogen-bond donors (Lipinski definition) is 1. The molecule has 0 amide bonds. The van der Waals surface area contributed by atoms with Crippen molar-refractivity contribution in [3.63, 3.8) is 0 Å². The molecular formula is C7H15NO2S. The van der Waals surface area contributed by atoms with E-state index in [4.69, 9.17) is 0 Å². The van der Waals surface area contributed by atoms with E-state index < -0.39 is 10.0 Å². The molecule has 0 fully saturated rings. The third-order valence-corrected chi connectivity index (χ3v) is 2.02. The minimum absolute atomic E-state index is 0.162. The first-order valence-corrected chi connectivity index (χ1v) is 5.36. The average molecular weight is 177 g/mol. The fourth-order valence-electron chi connectivity index (χ4n) is 0.704. The van der Waals surface area contributed by atoms with Crippen LogP contribution < -0.4 is 4.72 Å². The molecule has 66 valence electrons. The van der Waals surface area contributed by atoms with E-state index in [-0.39, 0.29) is 12.0 Å². The summed E-state index contributed by atoms with van der Waals surface area (Å²) in [5, 5.41) is 0. The van der Waals surface area contributed by atoms with E-state index in [9.17, 15) is 8.42 Å². The van der Waals surface area contributed by atoms with Crippen LogP contribution in [0.1, 0.15) is 13.8 Å². The molecule has 0 aliphatic heterocycles. The van der Waals surface area contributed by atoms with E-state index in [0.29, 0.717) is 0 Å². The topological polar surface area (TPSA) is 46.2 Å². The number of sulfonamides is 1. The number of hydrogen-bond acceptors (Lipinski definition) is 2. The lowest BCUT2D eigenvalue weighted by Gasteiger charge is -2.16. The zero-order valence-electron chi connectivity index (χ0n) is 7.16. The molecule has 0 heterocycles. The van der Waals surface area contributed by atoms with Gasteiger partial charge >= 0.3 is 0 Å². The van der Waals surface area contributed by atoms with E-state index in [1.807, 2.05) is 13.8 Å². The first-order valence-electron chi connectivity index (χ1n) is 3.46. The fourth-order valence-corrected chi connectivity index (χ4v) is 1.57. The Bertz CT molecular complexity index is 219. The second kappa shape index (κ2) is 3.88. The molecule has 0 bridgehead atoms. The Balaban J connectivity index is 4.22. The second-order valence-electron chi connectivity index (χ2n) is 2.90. The molecule has 1 atom stereocenters. The quantitative estimate of drug-likeness (QED) is 0.644. The zero-order chi connectivity index (χ0) is 9.07. The lowest BCUT2D eigenvalue weighted by molar-refractivity contribution is 0.512. The average Bonchev–Trinajstić information content (AvgIpc) is 1.80. The molecule has 0 radical (unpaired) electrons. The van der Waals surface area contributed by atoms with Crippen molar-refractivity contribution >= 4 is 10.0 Å². The van der Waals surface area contributed by atoms with Gasteiger partial charge in [0.05, 0.1) is 6.26 Å². The summed E-state index contributed by atoms with van der Waals surface area (Å²) >= 11 is 0. The predicted octanol–water partition coefficient (Wildman–Crippen LogP) is 0.746. The first kappa shape index (κ1) is 10.7. The summed E-state index contributed by atoms with van der Waals surface area (Å²) in [4.78, 5) is 0. The van der Waals surface area contributed by atoms with Crippen molar-refractivity contribution in [3.8, 4) is 0 Å². The van der Waals surface area contributed by atoms with E-state index in [2.05, 4.69) is 11.3 Å². The Hall–Kier alpha value is -0.350. The van der Waals surface area contributed by atoms with Crippen LogP contribution >= 0.6 is 0 Å². The monoisotopic (exact) mass is 177 g/mol. The van der Waals surface area contributed by atoms with E-state index in [1.54, 1.807) is 6.08 Å². The molecule has 0 aromatic heterocycles. The van der Waals surface area contributed by atoms with Gasteiger partial charge in [-0.15, -0.1) is 6.58 Å². The van der Waals surface area contributed by atoms with Gasteiger partial charge in [0.25, 0.3) is 0 Å². The van der Waals surface area contributed by atoms with Crippen LogP contribution in [0.15, 0.2) is 12.7 Å². The maximum Gasteiger partial charge on any atom is 0.209 e. The van der Waals surface area contributed by atoms with Gasteiger partial charge in [0.2, 0.25) is 10.0 Å². The van der Waals surface area contributed by atoms with E-state index >= 15 is 0 Å². The van der Waals surface area contributed by atoms with Crippen LogP contribution in [-0.4, -0.2) is 20.7 Å². The third-order valence-electron chi connectivity index (χ3n) is 1.32. The van der Waals surface area contributed by atoms with Crippen LogP contribution in [0.4, 0.5) is 0 Å². The standard InChI is InChI=1S/C7H15NO2S/c1-5-7(6(2)3)8-11(4,9)10/h5-8H,1H2,2-4H3/t7-/m1/s1. The summed E-state index contributed by atoms with van der Waals surface area (Å²) in [5.74, 6) is 0.238. The van der Waals surface area contributed by atoms with E-state index in [0.717, 1.165) is 6.26 Å². The second-order valence-corrected chi connectivity index (χ2v) is 4.68. The van der Waals surface area contributed by atoms with Crippen LogP contribution in [-0.2, 0) is 10.0 Å². The summed E-state index contributed by atoms with van der Waals surface area (Å²) in [5.41, 5.74) is 0. The molecule has 0 rings (SSSR count). The highest BCUT2D eigenvalue weighted by atomic mass is 32.2. The number of nitrogens with one attached hydrogen (secondary N) is 1. The molecule has 4 heteroatoms. The SMILES string of the molecule is C=C[C@@H](NS(C)(=O)=O)C(C)C. The molecule has 0 aliphatic rings. The van der Waals surface area contributed by atoms with Crippen molar-refractivity contribution in [3.05, 3.63) is 12.7 Å². The van der Waals surface area contributed by atoms with Crippen molar-refractivity contribution in [2.45, 2.75) is 19.9 Å². The number of rotatable bonds is 4. The largest absolute Gasteiger partial charge is 0.213 e. The molecule has 0 saturated carbocycles. The van der Waals surface area contributed by atoms with Gasteiger partial charge < -0.3 is 0 Å². The minimum atomic E-state index is -3.10. The Morgan fingerprint density at radius 1 is 1.45 bits per heavy atom. The molecule has 0 saturated heterocycles. The molecule has 0 aliphatic carbocycles. The Morgan fingerprint density at radius 3 is 2.00 bits per heavy atom. The Kier molecular flexibility index (Phi) is 3.75. The summed E-state index contributed by atoms with van der Waals surface area (Å²) in [6.07, 6.45) is 2.75. The van der Waals surface area contributed by atoms with Crippen molar-refractivity contribution in [1.29, 1.82) is 0 Å². The van der Waals surface area contributed by atoms with Gasteiger partial charge in [-0.25, -0.2) is 13.1 Å². The molecule has 0 spiro atoms. The summed E-state index contributed by atoms with van der Waals surface area (Å²) in [6.45, 7) is 7.41. The Morgan fingerprint density at radius 2 is 1.91 bits per heavy atom. The van der Waals surface area contributed by atoms with Crippen molar-refractivity contribution in [1.82, 2.24) is 4.72 Å². The van der Waals surface area contributed by atoms with Gasteiger partial charge in [-0.05, 0) is 5.92 Å². The van der Waals surface area contributed by atoms with Crippen molar-refractivity contribution in [2.75, 3.05) is 6.26 Å². The van der Waals surface area contributed by atoms with Crippen LogP contribution in [0.3, 0.4) is 0 Å². The van der Waals surface area contributed by atoms with Crippen LogP contribution in [0.25, 0.3) is 0 Å². The lowest BCUT2D eigenvalue weighted by Crippen LogP contribution is -2.35. The lowest BCUT2D eigenvalue weighted by atomic mass is 10.1. The van der Waals surface area contributed by atoms with Gasteiger partial charge in [0, 0.05) is 6.04 Å². The van der Waals surface area contributed by atoms with Gasteiger partial charge in [0.15, 0.2) is 0 Å². The zero-order valence-corrected chi connectivity index (χ0v) is 7.98.